The molecule has 0 radical (unpaired) electrons. The summed E-state index contributed by atoms with van der Waals surface area (Å²) in [6, 6.07) is 14.6. The fourth-order valence-corrected chi connectivity index (χ4v) is 20.4. The minimum absolute atomic E-state index is 1.01. The zero-order chi connectivity index (χ0) is 15.6. The molecule has 1 fully saturated rings. The lowest BCUT2D eigenvalue weighted by Gasteiger charge is -2.52. The first-order chi connectivity index (χ1) is 9.97. The second-order valence-electron chi connectivity index (χ2n) is 5.85. The monoisotopic (exact) mass is 340 g/mol. The summed E-state index contributed by atoms with van der Waals surface area (Å²) in [6.07, 6.45) is 0. The molecule has 6 heteroatoms. The van der Waals surface area contributed by atoms with E-state index in [1.165, 1.54) is 5.19 Å². The summed E-state index contributed by atoms with van der Waals surface area (Å²) in [7, 11) is -6.62. The van der Waals surface area contributed by atoms with E-state index < -0.39 is 25.7 Å². The van der Waals surface area contributed by atoms with Gasteiger partial charge in [0.15, 0.2) is 0 Å². The maximum Gasteiger partial charge on any atom is 0.351 e. The molecule has 1 aliphatic rings. The smallest absolute Gasteiger partial charge is 0.351 e. The summed E-state index contributed by atoms with van der Waals surface area (Å²) in [5.41, 5.74) is 0. The molecule has 0 atom stereocenters. The van der Waals surface area contributed by atoms with Gasteiger partial charge in [-0.2, -0.15) is 0 Å². The van der Waals surface area contributed by atoms with E-state index in [1.807, 2.05) is 0 Å². The zero-order valence-corrected chi connectivity index (χ0v) is 16.9. The van der Waals surface area contributed by atoms with E-state index in [1.54, 1.807) is 0 Å². The van der Waals surface area contributed by atoms with Crippen LogP contribution in [-0.4, -0.2) is 25.7 Å². The van der Waals surface area contributed by atoms with Crippen molar-refractivity contribution in [2.24, 2.45) is 0 Å². The third-order valence-corrected chi connectivity index (χ3v) is 19.3. The first-order valence-corrected chi connectivity index (χ1v) is 14.9. The molecule has 0 saturated carbocycles. The van der Waals surface area contributed by atoms with E-state index in [2.05, 4.69) is 64.6 Å². The number of hydrogen-bond acceptors (Lipinski definition) is 3. The molecular formula is C15H28O3Si3. The van der Waals surface area contributed by atoms with E-state index in [9.17, 15) is 0 Å². The Bertz CT molecular complexity index is 438. The SMILES string of the molecule is CC[Si]1(CC)O[Si](CC)(CC)O[Si](C)(c2ccccc2)O1. The van der Waals surface area contributed by atoms with Gasteiger partial charge in [-0.1, -0.05) is 58.0 Å². The van der Waals surface area contributed by atoms with E-state index in [4.69, 9.17) is 12.3 Å². The van der Waals surface area contributed by atoms with E-state index >= 15 is 0 Å². The summed E-state index contributed by atoms with van der Waals surface area (Å²) < 4.78 is 20.0. The molecule has 0 spiro atoms. The molecule has 0 amide bonds. The fraction of sp³-hybridized carbons (Fsp3) is 0.600. The second-order valence-corrected chi connectivity index (χ2v) is 17.2. The molecule has 3 nitrogen and oxygen atoms in total. The second kappa shape index (κ2) is 6.47. The van der Waals surface area contributed by atoms with Crippen molar-refractivity contribution < 1.29 is 12.3 Å². The largest absolute Gasteiger partial charge is 0.415 e. The lowest BCUT2D eigenvalue weighted by atomic mass is 10.4. The molecule has 1 aromatic carbocycles. The van der Waals surface area contributed by atoms with Crippen molar-refractivity contribution in [1.82, 2.24) is 0 Å². The van der Waals surface area contributed by atoms with Gasteiger partial charge in [-0.05, 0) is 35.9 Å². The first kappa shape index (κ1) is 17.1. The summed E-state index contributed by atoms with van der Waals surface area (Å²) in [6.45, 7) is 11.1. The molecule has 0 aromatic heterocycles. The van der Waals surface area contributed by atoms with Crippen LogP contribution in [0.2, 0.25) is 30.7 Å². The predicted molar refractivity (Wildman–Crippen MR) is 94.4 cm³/mol. The van der Waals surface area contributed by atoms with E-state index in [0.29, 0.717) is 0 Å². The molecule has 1 aromatic rings. The summed E-state index contributed by atoms with van der Waals surface area (Å²) in [4.78, 5) is 0. The Balaban J connectivity index is 2.46. The Hall–Kier alpha value is -0.249. The molecule has 1 heterocycles. The van der Waals surface area contributed by atoms with Gasteiger partial charge >= 0.3 is 25.7 Å². The first-order valence-electron chi connectivity index (χ1n) is 8.13. The Morgan fingerprint density at radius 1 is 0.714 bits per heavy atom. The molecule has 0 bridgehead atoms. The summed E-state index contributed by atoms with van der Waals surface area (Å²) >= 11 is 0. The van der Waals surface area contributed by atoms with Gasteiger partial charge in [0.05, 0.1) is 0 Å². The van der Waals surface area contributed by atoms with Crippen LogP contribution in [0.5, 0.6) is 0 Å². The minimum atomic E-state index is -2.37. The van der Waals surface area contributed by atoms with E-state index in [0.717, 1.165) is 24.2 Å². The normalized spacial score (nSPS) is 22.9. The quantitative estimate of drug-likeness (QED) is 0.759. The van der Waals surface area contributed by atoms with Crippen molar-refractivity contribution in [2.45, 2.75) is 58.4 Å². The lowest BCUT2D eigenvalue weighted by molar-refractivity contribution is 0.224. The fourth-order valence-electron chi connectivity index (χ4n) is 3.05. The molecule has 0 unspecified atom stereocenters. The van der Waals surface area contributed by atoms with Crippen LogP contribution in [0.4, 0.5) is 0 Å². The average Bonchev–Trinajstić information content (AvgIpc) is 2.55. The third-order valence-electron chi connectivity index (χ3n) is 4.59. The van der Waals surface area contributed by atoms with Gasteiger partial charge in [0.1, 0.15) is 0 Å². The molecule has 1 saturated heterocycles. The topological polar surface area (TPSA) is 27.7 Å². The van der Waals surface area contributed by atoms with Crippen molar-refractivity contribution in [3.05, 3.63) is 30.3 Å². The van der Waals surface area contributed by atoms with Crippen molar-refractivity contribution in [3.8, 4) is 0 Å². The van der Waals surface area contributed by atoms with Gasteiger partial charge in [0.2, 0.25) is 0 Å². The highest BCUT2D eigenvalue weighted by molar-refractivity contribution is 6.98. The average molecular weight is 341 g/mol. The summed E-state index contributed by atoms with van der Waals surface area (Å²) in [5, 5.41) is 1.24. The molecule has 2 rings (SSSR count). The van der Waals surface area contributed by atoms with Crippen LogP contribution in [0.25, 0.3) is 0 Å². The lowest BCUT2D eigenvalue weighted by Crippen LogP contribution is -2.72. The van der Waals surface area contributed by atoms with Crippen molar-refractivity contribution in [3.63, 3.8) is 0 Å². The van der Waals surface area contributed by atoms with Gasteiger partial charge in [-0.25, -0.2) is 0 Å². The van der Waals surface area contributed by atoms with Gasteiger partial charge in [-0.15, -0.1) is 0 Å². The maximum absolute atomic E-state index is 6.67. The van der Waals surface area contributed by atoms with Crippen LogP contribution in [0, 0.1) is 0 Å². The van der Waals surface area contributed by atoms with E-state index in [-0.39, 0.29) is 0 Å². The number of benzene rings is 1. The van der Waals surface area contributed by atoms with Crippen molar-refractivity contribution in [1.29, 1.82) is 0 Å². The van der Waals surface area contributed by atoms with Crippen LogP contribution in [-0.2, 0) is 12.3 Å². The highest BCUT2D eigenvalue weighted by atomic mass is 28.5. The van der Waals surface area contributed by atoms with Gasteiger partial charge in [0.25, 0.3) is 0 Å². The highest BCUT2D eigenvalue weighted by Crippen LogP contribution is 2.38. The molecule has 1 aliphatic heterocycles. The summed E-state index contributed by atoms with van der Waals surface area (Å²) in [5.74, 6) is 0. The zero-order valence-electron chi connectivity index (χ0n) is 13.9. The number of hydrogen-bond donors (Lipinski definition) is 0. The Morgan fingerprint density at radius 3 is 1.52 bits per heavy atom. The van der Waals surface area contributed by atoms with Crippen LogP contribution < -0.4 is 5.19 Å². The number of rotatable bonds is 5. The molecular weight excluding hydrogens is 312 g/mol. The predicted octanol–water partition coefficient (Wildman–Crippen LogP) is 3.99. The van der Waals surface area contributed by atoms with Crippen LogP contribution in [0.3, 0.4) is 0 Å². The van der Waals surface area contributed by atoms with Gasteiger partial charge in [-0.3, -0.25) is 0 Å². The Labute approximate surface area is 132 Å². The van der Waals surface area contributed by atoms with Gasteiger partial charge in [0, 0.05) is 0 Å². The minimum Gasteiger partial charge on any atom is -0.415 e. The highest BCUT2D eigenvalue weighted by Gasteiger charge is 2.58. The van der Waals surface area contributed by atoms with Crippen LogP contribution in [0.1, 0.15) is 27.7 Å². The Kier molecular flexibility index (Phi) is 5.27. The maximum atomic E-state index is 6.67. The molecule has 0 N–H and O–H groups in total. The molecule has 118 valence electrons. The third kappa shape index (κ3) is 3.25. The van der Waals surface area contributed by atoms with Crippen molar-refractivity contribution >= 4 is 30.9 Å². The van der Waals surface area contributed by atoms with Crippen LogP contribution in [0.15, 0.2) is 30.3 Å². The van der Waals surface area contributed by atoms with Gasteiger partial charge < -0.3 is 12.3 Å². The standard InChI is InChI=1S/C15H28O3Si3/c1-6-20(7-2)16-19(5,15-13-11-10-12-14-15)17-21(8-3,9-4)18-20/h10-14H,6-9H2,1-5H3. The molecule has 0 aliphatic carbocycles. The van der Waals surface area contributed by atoms with Crippen LogP contribution >= 0.6 is 0 Å². The molecule has 21 heavy (non-hydrogen) atoms. The van der Waals surface area contributed by atoms with Crippen molar-refractivity contribution in [2.75, 3.05) is 0 Å². The Morgan fingerprint density at radius 2 is 1.14 bits per heavy atom.